The van der Waals surface area contributed by atoms with E-state index in [1.807, 2.05) is 0 Å². The number of fused-ring (bicyclic) bond motifs is 1. The Bertz CT molecular complexity index is 1830. The second-order valence-electron chi connectivity index (χ2n) is 24.5. The zero-order chi connectivity index (χ0) is 56.0. The molecule has 4 heterocycles. The lowest BCUT2D eigenvalue weighted by molar-refractivity contribution is -0.124. The van der Waals surface area contributed by atoms with Crippen molar-refractivity contribution < 1.29 is 9.59 Å². The molecule has 0 aliphatic carbocycles. The molecule has 2 unspecified atom stereocenters. The van der Waals surface area contributed by atoms with Crippen LogP contribution in [0.4, 0.5) is 0 Å². The van der Waals surface area contributed by atoms with Crippen LogP contribution in [0.15, 0.2) is 30.9 Å². The first kappa shape index (κ1) is 69.3. The minimum absolute atomic E-state index is 0.0734. The first-order chi connectivity index (χ1) is 38.2. The van der Waals surface area contributed by atoms with E-state index in [4.69, 9.17) is 0 Å². The summed E-state index contributed by atoms with van der Waals surface area (Å²) in [6.07, 6.45) is 58.5. The molecule has 2 aliphatic heterocycles. The van der Waals surface area contributed by atoms with E-state index in [1.54, 1.807) is 22.7 Å². The van der Waals surface area contributed by atoms with Gasteiger partial charge in [0.2, 0.25) is 0 Å². The maximum Gasteiger partial charge on any atom is 0.261 e. The van der Waals surface area contributed by atoms with E-state index in [-0.39, 0.29) is 11.8 Å². The van der Waals surface area contributed by atoms with Crippen molar-refractivity contribution >= 4 is 77.7 Å². The average molecular weight is 1240 g/mol. The molecule has 0 radical (unpaired) electrons. The van der Waals surface area contributed by atoms with E-state index in [2.05, 4.69) is 95.3 Å². The van der Waals surface area contributed by atoms with Crippen molar-refractivity contribution in [2.24, 2.45) is 11.8 Å². The van der Waals surface area contributed by atoms with Gasteiger partial charge in [-0.2, -0.15) is 0 Å². The minimum Gasteiger partial charge on any atom is -0.306 e. The van der Waals surface area contributed by atoms with Gasteiger partial charge in [0.25, 0.3) is 11.8 Å². The van der Waals surface area contributed by atoms with Crippen LogP contribution in [-0.2, 0) is 22.4 Å². The van der Waals surface area contributed by atoms with Crippen LogP contribution >= 0.6 is 54.5 Å². The second kappa shape index (κ2) is 43.4. The van der Waals surface area contributed by atoms with Crippen molar-refractivity contribution in [1.82, 2.24) is 9.80 Å². The van der Waals surface area contributed by atoms with Gasteiger partial charge >= 0.3 is 0 Å². The summed E-state index contributed by atoms with van der Waals surface area (Å²) in [6.45, 7) is 15.2. The number of carbonyl (C=O) groups excluding carboxylic acids is 2. The van der Waals surface area contributed by atoms with Crippen LogP contribution in [0.2, 0.25) is 0 Å². The minimum atomic E-state index is 0.0734. The van der Waals surface area contributed by atoms with Crippen LogP contribution in [0, 0.1) is 11.8 Å². The van der Waals surface area contributed by atoms with Crippen molar-refractivity contribution in [3.05, 3.63) is 51.7 Å². The lowest BCUT2D eigenvalue weighted by atomic mass is 9.93. The molecule has 2 atom stereocenters. The normalized spacial score (nSPS) is 14.6. The highest BCUT2D eigenvalue weighted by molar-refractivity contribution is 9.11. The molecule has 4 rings (SSSR count). The van der Waals surface area contributed by atoms with Crippen molar-refractivity contribution in [3.63, 3.8) is 0 Å². The smallest absolute Gasteiger partial charge is 0.261 e. The lowest BCUT2D eigenvalue weighted by Crippen LogP contribution is -2.34. The van der Waals surface area contributed by atoms with E-state index in [0.29, 0.717) is 36.1 Å². The topological polar surface area (TPSA) is 40.6 Å². The summed E-state index contributed by atoms with van der Waals surface area (Å²) in [5.41, 5.74) is 5.90. The van der Waals surface area contributed by atoms with Crippen LogP contribution in [0.1, 0.15) is 345 Å². The number of halogens is 2. The summed E-state index contributed by atoms with van der Waals surface area (Å²) in [4.78, 5) is 38.5. The van der Waals surface area contributed by atoms with Gasteiger partial charge in [0.1, 0.15) is 0 Å². The number of nitrogens with zero attached hydrogens (tertiary/aromatic N) is 2. The average Bonchev–Trinajstić information content (AvgIpc) is 4.26. The largest absolute Gasteiger partial charge is 0.306 e. The highest BCUT2D eigenvalue weighted by Gasteiger charge is 2.50. The van der Waals surface area contributed by atoms with Crippen LogP contribution < -0.4 is 0 Å². The lowest BCUT2D eigenvalue weighted by Gasteiger charge is -2.29. The van der Waals surface area contributed by atoms with E-state index in [1.165, 1.54) is 276 Å². The van der Waals surface area contributed by atoms with E-state index < -0.39 is 0 Å². The van der Waals surface area contributed by atoms with Gasteiger partial charge in [0.05, 0.1) is 39.9 Å². The highest BCUT2D eigenvalue weighted by Crippen LogP contribution is 2.51. The number of carbonyl (C=O) groups is 2. The summed E-state index contributed by atoms with van der Waals surface area (Å²) in [7, 11) is 0. The summed E-state index contributed by atoms with van der Waals surface area (Å²) >= 11 is 11.7. The number of aryl methyl sites for hydroxylation is 2. The van der Waals surface area contributed by atoms with Gasteiger partial charge in [0.15, 0.2) is 0 Å². The zero-order valence-electron chi connectivity index (χ0n) is 51.5. The number of amides is 2. The molecular formula is C70H118Br2N2O2S2. The Labute approximate surface area is 507 Å². The summed E-state index contributed by atoms with van der Waals surface area (Å²) in [6, 6.07) is 4.77. The highest BCUT2D eigenvalue weighted by atomic mass is 79.9. The Morgan fingerprint density at radius 1 is 0.346 bits per heavy atom. The Hall–Kier alpha value is -1.22. The van der Waals surface area contributed by atoms with Gasteiger partial charge in [-0.05, 0) is 118 Å². The summed E-state index contributed by atoms with van der Waals surface area (Å²) in [5, 5.41) is 0. The van der Waals surface area contributed by atoms with Gasteiger partial charge in [-0.25, -0.2) is 0 Å². The molecule has 0 saturated heterocycles. The predicted octanol–water partition coefficient (Wildman–Crippen LogP) is 24.7. The molecule has 2 amide bonds. The third kappa shape index (κ3) is 25.3. The van der Waals surface area contributed by atoms with E-state index in [9.17, 15) is 0 Å². The Morgan fingerprint density at radius 3 is 0.846 bits per heavy atom. The molecule has 8 heteroatoms. The quantitative estimate of drug-likeness (QED) is 0.0620. The third-order valence-corrected chi connectivity index (χ3v) is 21.4. The Kier molecular flexibility index (Phi) is 38.6. The molecule has 2 aliphatic rings. The maximum atomic E-state index is 16.0. The zero-order valence-corrected chi connectivity index (χ0v) is 56.3. The molecule has 0 bridgehead atoms. The van der Waals surface area contributed by atoms with Gasteiger partial charge in [-0.15, -0.1) is 22.7 Å². The molecule has 0 N–H and O–H groups in total. The monoisotopic (exact) mass is 1240 g/mol. The molecule has 78 heavy (non-hydrogen) atoms. The van der Waals surface area contributed by atoms with Crippen molar-refractivity contribution in [2.75, 3.05) is 13.1 Å². The standard InChI is InChI=1S/C70H118Br2N2O2S2/c1-7-13-19-25-29-31-33-35-39-45-51-59-53-61(77-67(59)71)65-63-64(70(76)73(65)55-57(47-41-23-17-11-5)49-43-37-27-21-15-9-3)66(62-54-60(68(72)78-62)52-46-40-36-34-32-30-26-20-14-8-2)74(69(63)75)56-58(48-42-24-18-12-6)50-44-38-28-22-16-10-4/h53-54,57-58H,7-52,55-56H2,1-6H3. The van der Waals surface area contributed by atoms with E-state index in [0.717, 1.165) is 59.7 Å². The summed E-state index contributed by atoms with van der Waals surface area (Å²) in [5.74, 6) is 0.961. The second-order valence-corrected chi connectivity index (χ2v) is 29.2. The van der Waals surface area contributed by atoms with Gasteiger partial charge in [-0.1, -0.05) is 286 Å². The first-order valence-electron chi connectivity index (χ1n) is 33.9. The molecular weight excluding hydrogens is 1120 g/mol. The van der Waals surface area contributed by atoms with Gasteiger partial charge in [-0.3, -0.25) is 9.59 Å². The van der Waals surface area contributed by atoms with Gasteiger partial charge < -0.3 is 9.80 Å². The van der Waals surface area contributed by atoms with Crippen molar-refractivity contribution in [3.8, 4) is 0 Å². The molecule has 2 aromatic rings. The molecule has 0 spiro atoms. The van der Waals surface area contributed by atoms with E-state index >= 15 is 9.59 Å². The molecule has 446 valence electrons. The number of rotatable bonds is 52. The fourth-order valence-corrected chi connectivity index (χ4v) is 16.2. The van der Waals surface area contributed by atoms with Crippen LogP contribution in [0.25, 0.3) is 11.4 Å². The molecule has 0 fully saturated rings. The SMILES string of the molecule is CCCCCCCCCCCCc1cc(C2=C3C(=O)N(CC(CCCCCC)CCCCCCCC)C(c4cc(CCCCCCCCCCCC)c(Br)s4)=C3C(=O)N2CC(CCCCCC)CCCCCCCC)sc1Br. The maximum absolute atomic E-state index is 16.0. The number of hydrogen-bond acceptors (Lipinski definition) is 4. The molecule has 2 aromatic heterocycles. The Morgan fingerprint density at radius 2 is 0.577 bits per heavy atom. The van der Waals surface area contributed by atoms with Crippen LogP contribution in [0.3, 0.4) is 0 Å². The number of thiophene rings is 2. The molecule has 0 aromatic carbocycles. The Balaban J connectivity index is 1.76. The van der Waals surface area contributed by atoms with Crippen LogP contribution in [0.5, 0.6) is 0 Å². The van der Waals surface area contributed by atoms with Gasteiger partial charge in [0, 0.05) is 13.1 Å². The van der Waals surface area contributed by atoms with Crippen LogP contribution in [-0.4, -0.2) is 34.7 Å². The molecule has 0 saturated carbocycles. The summed E-state index contributed by atoms with van der Waals surface area (Å²) < 4.78 is 2.34. The number of hydrogen-bond donors (Lipinski definition) is 0. The predicted molar refractivity (Wildman–Crippen MR) is 353 cm³/mol. The number of unbranched alkanes of at least 4 members (excludes halogenated alkanes) is 34. The molecule has 4 nitrogen and oxygen atoms in total. The first-order valence-corrected chi connectivity index (χ1v) is 37.2. The van der Waals surface area contributed by atoms with Crippen molar-refractivity contribution in [1.29, 1.82) is 0 Å². The van der Waals surface area contributed by atoms with Crippen molar-refractivity contribution in [2.45, 2.75) is 337 Å². The third-order valence-electron chi connectivity index (χ3n) is 17.5. The fourth-order valence-electron chi connectivity index (χ4n) is 12.6. The fraction of sp³-hybridized carbons (Fsp3) is 0.800.